The molecule has 0 radical (unpaired) electrons. The van der Waals surface area contributed by atoms with E-state index in [-0.39, 0.29) is 5.78 Å². The molecule has 110 valence electrons. The van der Waals surface area contributed by atoms with Crippen LogP contribution < -0.4 is 10.5 Å². The number of aryl methyl sites for hydroxylation is 1. The van der Waals surface area contributed by atoms with Crippen LogP contribution >= 0.6 is 27.5 Å². The van der Waals surface area contributed by atoms with Crippen LogP contribution in [0.3, 0.4) is 0 Å². The molecule has 0 aromatic heterocycles. The summed E-state index contributed by atoms with van der Waals surface area (Å²) in [6.45, 7) is 3.76. The zero-order valence-electron chi connectivity index (χ0n) is 12.0. The summed E-state index contributed by atoms with van der Waals surface area (Å²) in [5.41, 5.74) is 8.90. The summed E-state index contributed by atoms with van der Waals surface area (Å²) in [5, 5.41) is 0.498. The molecule has 21 heavy (non-hydrogen) atoms. The zero-order valence-corrected chi connectivity index (χ0v) is 14.3. The van der Waals surface area contributed by atoms with Gasteiger partial charge in [0.1, 0.15) is 5.75 Å². The topological polar surface area (TPSA) is 52.3 Å². The van der Waals surface area contributed by atoms with Gasteiger partial charge in [0.25, 0.3) is 0 Å². The SMILES string of the molecule is COc1c(C)cc(Br)c(C)c1C(=O)c1ccc(Cl)cc1N. The van der Waals surface area contributed by atoms with Crippen LogP contribution in [0.15, 0.2) is 28.7 Å². The quantitative estimate of drug-likeness (QED) is 0.639. The highest BCUT2D eigenvalue weighted by atomic mass is 79.9. The molecule has 2 aromatic rings. The number of benzene rings is 2. The molecule has 0 heterocycles. The molecular weight excluding hydrogens is 354 g/mol. The number of nitrogen functional groups attached to an aromatic ring is 1. The molecule has 0 fully saturated rings. The van der Waals surface area contributed by atoms with Crippen molar-refractivity contribution in [3.8, 4) is 5.75 Å². The van der Waals surface area contributed by atoms with E-state index in [1.54, 1.807) is 25.3 Å². The van der Waals surface area contributed by atoms with Crippen LogP contribution in [0.1, 0.15) is 27.0 Å². The van der Waals surface area contributed by atoms with Gasteiger partial charge in [-0.1, -0.05) is 27.5 Å². The summed E-state index contributed by atoms with van der Waals surface area (Å²) in [4.78, 5) is 12.9. The van der Waals surface area contributed by atoms with Crippen LogP contribution in [0.5, 0.6) is 5.75 Å². The maximum atomic E-state index is 12.9. The summed E-state index contributed by atoms with van der Waals surface area (Å²) in [6, 6.07) is 6.78. The fourth-order valence-electron chi connectivity index (χ4n) is 2.26. The fourth-order valence-corrected chi connectivity index (χ4v) is 2.98. The number of carbonyl (C=O) groups is 1. The molecule has 5 heteroatoms. The summed E-state index contributed by atoms with van der Waals surface area (Å²) in [6.07, 6.45) is 0. The van der Waals surface area contributed by atoms with Gasteiger partial charge < -0.3 is 10.5 Å². The highest BCUT2D eigenvalue weighted by Crippen LogP contribution is 2.35. The van der Waals surface area contributed by atoms with Crippen molar-refractivity contribution < 1.29 is 9.53 Å². The number of ketones is 1. The van der Waals surface area contributed by atoms with Gasteiger partial charge in [-0.25, -0.2) is 0 Å². The highest BCUT2D eigenvalue weighted by molar-refractivity contribution is 9.10. The Labute approximate surface area is 137 Å². The van der Waals surface area contributed by atoms with Crippen LogP contribution in [0.25, 0.3) is 0 Å². The molecule has 0 aliphatic heterocycles. The molecule has 2 aromatic carbocycles. The van der Waals surface area contributed by atoms with Gasteiger partial charge in [0.15, 0.2) is 5.78 Å². The van der Waals surface area contributed by atoms with E-state index in [2.05, 4.69) is 15.9 Å². The van der Waals surface area contributed by atoms with Gasteiger partial charge in [0.2, 0.25) is 0 Å². The number of carbonyl (C=O) groups excluding carboxylic acids is 1. The second-order valence-corrected chi connectivity index (χ2v) is 6.06. The number of nitrogens with two attached hydrogens (primary N) is 1. The minimum Gasteiger partial charge on any atom is -0.496 e. The fraction of sp³-hybridized carbons (Fsp3) is 0.188. The highest BCUT2D eigenvalue weighted by Gasteiger charge is 2.22. The Kier molecular flexibility index (Phi) is 4.59. The van der Waals surface area contributed by atoms with Crippen molar-refractivity contribution >= 4 is 39.0 Å². The monoisotopic (exact) mass is 367 g/mol. The van der Waals surface area contributed by atoms with Gasteiger partial charge in [-0.15, -0.1) is 0 Å². The van der Waals surface area contributed by atoms with Crippen molar-refractivity contribution in [2.75, 3.05) is 12.8 Å². The minimum atomic E-state index is -0.178. The maximum absolute atomic E-state index is 12.9. The minimum absolute atomic E-state index is 0.178. The predicted molar refractivity (Wildman–Crippen MR) is 89.5 cm³/mol. The summed E-state index contributed by atoms with van der Waals surface area (Å²) >= 11 is 9.36. The zero-order chi connectivity index (χ0) is 15.7. The number of hydrogen-bond donors (Lipinski definition) is 1. The van der Waals surface area contributed by atoms with Crippen LogP contribution in [0.4, 0.5) is 5.69 Å². The van der Waals surface area contributed by atoms with E-state index in [9.17, 15) is 4.79 Å². The smallest absolute Gasteiger partial charge is 0.199 e. The van der Waals surface area contributed by atoms with Gasteiger partial charge >= 0.3 is 0 Å². The standard InChI is InChI=1S/C16H15BrClNO2/c1-8-6-12(17)9(2)14(16(8)21-3)15(20)11-5-4-10(18)7-13(11)19/h4-7H,19H2,1-3H3. The van der Waals surface area contributed by atoms with Crippen LogP contribution in [0.2, 0.25) is 5.02 Å². The van der Waals surface area contributed by atoms with Gasteiger partial charge in [0, 0.05) is 20.7 Å². The molecule has 0 unspecified atom stereocenters. The second-order valence-electron chi connectivity index (χ2n) is 4.77. The third-order valence-corrected chi connectivity index (χ3v) is 4.41. The van der Waals surface area contributed by atoms with Gasteiger partial charge in [0.05, 0.1) is 12.7 Å². The van der Waals surface area contributed by atoms with Crippen LogP contribution in [-0.4, -0.2) is 12.9 Å². The van der Waals surface area contributed by atoms with E-state index < -0.39 is 0 Å². The van der Waals surface area contributed by atoms with E-state index >= 15 is 0 Å². The van der Waals surface area contributed by atoms with Crippen molar-refractivity contribution in [2.24, 2.45) is 0 Å². The van der Waals surface area contributed by atoms with E-state index in [0.29, 0.717) is 27.6 Å². The van der Waals surface area contributed by atoms with E-state index in [0.717, 1.165) is 15.6 Å². The average Bonchev–Trinajstić information content (AvgIpc) is 2.41. The number of anilines is 1. The predicted octanol–water partition coefficient (Wildman–Crippen LogP) is 4.54. The average molecular weight is 369 g/mol. The number of rotatable bonds is 3. The van der Waals surface area contributed by atoms with E-state index in [1.807, 2.05) is 19.9 Å². The Balaban J connectivity index is 2.68. The van der Waals surface area contributed by atoms with Crippen LogP contribution in [-0.2, 0) is 0 Å². The lowest BCUT2D eigenvalue weighted by Gasteiger charge is -2.16. The molecule has 0 atom stereocenters. The molecule has 0 aliphatic carbocycles. The number of halogens is 2. The largest absolute Gasteiger partial charge is 0.496 e. The molecule has 0 amide bonds. The second kappa shape index (κ2) is 6.08. The Morgan fingerprint density at radius 1 is 1.29 bits per heavy atom. The van der Waals surface area contributed by atoms with Crippen LogP contribution in [0, 0.1) is 13.8 Å². The first-order valence-electron chi connectivity index (χ1n) is 6.30. The molecule has 0 aliphatic rings. The molecule has 0 saturated carbocycles. The lowest BCUT2D eigenvalue weighted by Crippen LogP contribution is -2.10. The summed E-state index contributed by atoms with van der Waals surface area (Å²) < 4.78 is 6.27. The van der Waals surface area contributed by atoms with Crippen molar-refractivity contribution in [1.82, 2.24) is 0 Å². The molecule has 0 bridgehead atoms. The maximum Gasteiger partial charge on any atom is 0.199 e. The third-order valence-electron chi connectivity index (χ3n) is 3.35. The summed E-state index contributed by atoms with van der Waals surface area (Å²) in [5.74, 6) is 0.387. The normalized spacial score (nSPS) is 10.5. The molecular formula is C16H15BrClNO2. The third kappa shape index (κ3) is 2.92. The Morgan fingerprint density at radius 3 is 2.52 bits per heavy atom. The lowest BCUT2D eigenvalue weighted by atomic mass is 9.95. The lowest BCUT2D eigenvalue weighted by molar-refractivity contribution is 0.103. The first kappa shape index (κ1) is 15.9. The number of methoxy groups -OCH3 is 1. The number of ether oxygens (including phenoxy) is 1. The first-order valence-corrected chi connectivity index (χ1v) is 7.47. The van der Waals surface area contributed by atoms with E-state index in [4.69, 9.17) is 22.1 Å². The van der Waals surface area contributed by atoms with Gasteiger partial charge in [-0.3, -0.25) is 4.79 Å². The van der Waals surface area contributed by atoms with Gasteiger partial charge in [-0.05, 0) is 49.2 Å². The van der Waals surface area contributed by atoms with Crippen molar-refractivity contribution in [1.29, 1.82) is 0 Å². The molecule has 2 N–H and O–H groups in total. The van der Waals surface area contributed by atoms with Crippen molar-refractivity contribution in [3.05, 3.63) is 56.0 Å². The Hall–Kier alpha value is -1.52. The molecule has 2 rings (SSSR count). The van der Waals surface area contributed by atoms with Gasteiger partial charge in [-0.2, -0.15) is 0 Å². The Bertz CT molecular complexity index is 729. The Morgan fingerprint density at radius 2 is 1.95 bits per heavy atom. The molecule has 0 saturated heterocycles. The van der Waals surface area contributed by atoms with E-state index in [1.165, 1.54) is 0 Å². The molecule has 3 nitrogen and oxygen atoms in total. The summed E-state index contributed by atoms with van der Waals surface area (Å²) in [7, 11) is 1.55. The van der Waals surface area contributed by atoms with Crippen molar-refractivity contribution in [2.45, 2.75) is 13.8 Å². The molecule has 0 spiro atoms. The first-order chi connectivity index (χ1) is 9.86. The number of hydrogen-bond acceptors (Lipinski definition) is 3. The van der Waals surface area contributed by atoms with Crippen molar-refractivity contribution in [3.63, 3.8) is 0 Å².